The number of aromatic nitrogens is 1. The number of carbonyl (C=O) groups is 2. The van der Waals surface area contributed by atoms with Crippen molar-refractivity contribution in [2.24, 2.45) is 0 Å². The predicted octanol–water partition coefficient (Wildman–Crippen LogP) is 4.69. The number of carbonyl (C=O) groups excluding carboxylic acids is 2. The smallest absolute Gasteiger partial charge is 0.300 e. The molecular formula is C25H21ClN2O5. The van der Waals surface area contributed by atoms with E-state index in [1.165, 1.54) is 19.1 Å². The molecule has 3 aromatic rings. The number of pyridine rings is 1. The Morgan fingerprint density at radius 3 is 2.42 bits per heavy atom. The van der Waals surface area contributed by atoms with E-state index in [9.17, 15) is 14.7 Å². The number of ether oxygens (including phenoxy) is 2. The van der Waals surface area contributed by atoms with Crippen molar-refractivity contribution < 1.29 is 24.2 Å². The number of halogens is 1. The zero-order valence-corrected chi connectivity index (χ0v) is 19.0. The molecule has 8 heteroatoms. The van der Waals surface area contributed by atoms with Crippen molar-refractivity contribution in [1.29, 1.82) is 0 Å². The first kappa shape index (κ1) is 22.4. The summed E-state index contributed by atoms with van der Waals surface area (Å²) in [6.07, 6.45) is 1.56. The van der Waals surface area contributed by atoms with Crippen LogP contribution in [0.5, 0.6) is 11.5 Å². The van der Waals surface area contributed by atoms with Crippen LogP contribution >= 0.6 is 11.6 Å². The Morgan fingerprint density at radius 2 is 1.79 bits per heavy atom. The van der Waals surface area contributed by atoms with E-state index in [4.69, 9.17) is 21.1 Å². The van der Waals surface area contributed by atoms with Crippen molar-refractivity contribution >= 4 is 34.7 Å². The molecule has 1 amide bonds. The van der Waals surface area contributed by atoms with Crippen LogP contribution in [-0.2, 0) is 9.59 Å². The molecule has 2 aromatic carbocycles. The second-order valence-electron chi connectivity index (χ2n) is 7.43. The standard InChI is InChI=1S/C25H21ClN2O5/c1-14-7-9-16(13-17(14)26)28-22(18-6-4-5-11-27-18)21(24(30)25(28)31)23(29)15-8-10-19(32-2)20(12-15)33-3/h4-13,22,29H,1-3H3/b23-21+. The molecule has 1 aliphatic rings. The predicted molar refractivity (Wildman–Crippen MR) is 125 cm³/mol. The topological polar surface area (TPSA) is 89.0 Å². The Labute approximate surface area is 195 Å². The van der Waals surface area contributed by atoms with Gasteiger partial charge in [-0.3, -0.25) is 19.5 Å². The van der Waals surface area contributed by atoms with Crippen molar-refractivity contribution in [3.8, 4) is 11.5 Å². The van der Waals surface area contributed by atoms with Gasteiger partial charge in [0.15, 0.2) is 11.5 Å². The van der Waals surface area contributed by atoms with Crippen molar-refractivity contribution in [1.82, 2.24) is 4.98 Å². The summed E-state index contributed by atoms with van der Waals surface area (Å²) in [7, 11) is 2.96. The molecule has 7 nitrogen and oxygen atoms in total. The number of rotatable bonds is 5. The Hall–Kier alpha value is -3.84. The van der Waals surface area contributed by atoms with Gasteiger partial charge >= 0.3 is 0 Å². The number of aliphatic hydroxyl groups excluding tert-OH is 1. The minimum atomic E-state index is -0.946. The SMILES string of the molecule is COc1ccc(/C(O)=C2\C(=O)C(=O)N(c3ccc(C)c(Cl)c3)C2c2ccccn2)cc1OC. The molecule has 0 radical (unpaired) electrons. The minimum Gasteiger partial charge on any atom is -0.507 e. The molecule has 33 heavy (non-hydrogen) atoms. The molecule has 0 saturated carbocycles. The highest BCUT2D eigenvalue weighted by Crippen LogP contribution is 2.43. The summed E-state index contributed by atoms with van der Waals surface area (Å²) >= 11 is 6.30. The van der Waals surface area contributed by atoms with Crippen molar-refractivity contribution in [3.05, 3.63) is 88.2 Å². The largest absolute Gasteiger partial charge is 0.507 e. The summed E-state index contributed by atoms with van der Waals surface area (Å²) in [4.78, 5) is 32.0. The van der Waals surface area contributed by atoms with Crippen LogP contribution in [-0.4, -0.2) is 36.0 Å². The second kappa shape index (κ2) is 8.96. The zero-order chi connectivity index (χ0) is 23.7. The maximum absolute atomic E-state index is 13.2. The summed E-state index contributed by atoms with van der Waals surface area (Å²) in [5.41, 5.74) is 1.90. The van der Waals surface area contributed by atoms with Crippen LogP contribution in [0, 0.1) is 6.92 Å². The van der Waals surface area contributed by atoms with Crippen LogP contribution in [0.4, 0.5) is 5.69 Å². The fraction of sp³-hybridized carbons (Fsp3) is 0.160. The van der Waals surface area contributed by atoms with Crippen molar-refractivity contribution in [2.75, 3.05) is 19.1 Å². The van der Waals surface area contributed by atoms with E-state index in [0.29, 0.717) is 33.5 Å². The van der Waals surface area contributed by atoms with Gasteiger partial charge in [0.1, 0.15) is 11.8 Å². The Morgan fingerprint density at radius 1 is 1.03 bits per heavy atom. The van der Waals surface area contributed by atoms with Gasteiger partial charge in [0.25, 0.3) is 11.7 Å². The average Bonchev–Trinajstić information content (AvgIpc) is 3.10. The minimum absolute atomic E-state index is 0.0809. The fourth-order valence-corrected chi connectivity index (χ4v) is 3.96. The molecule has 1 N–H and O–H groups in total. The van der Waals surface area contributed by atoms with E-state index in [2.05, 4.69) is 4.98 Å². The first-order chi connectivity index (χ1) is 15.9. The number of Topliss-reactive ketones (excluding diaryl/α,β-unsaturated/α-hetero) is 1. The van der Waals surface area contributed by atoms with Crippen LogP contribution in [0.15, 0.2) is 66.4 Å². The van der Waals surface area contributed by atoms with Gasteiger partial charge < -0.3 is 14.6 Å². The Kier molecular flexibility index (Phi) is 6.07. The van der Waals surface area contributed by atoms with Gasteiger partial charge in [-0.2, -0.15) is 0 Å². The van der Waals surface area contributed by atoms with E-state index < -0.39 is 17.7 Å². The number of methoxy groups -OCH3 is 2. The van der Waals surface area contributed by atoms with Gasteiger partial charge in [-0.25, -0.2) is 0 Å². The molecule has 1 atom stereocenters. The average molecular weight is 465 g/mol. The quantitative estimate of drug-likeness (QED) is 0.335. The lowest BCUT2D eigenvalue weighted by atomic mass is 9.98. The third kappa shape index (κ3) is 3.91. The van der Waals surface area contributed by atoms with Crippen molar-refractivity contribution in [2.45, 2.75) is 13.0 Å². The van der Waals surface area contributed by atoms with E-state index >= 15 is 0 Å². The van der Waals surface area contributed by atoms with Crippen molar-refractivity contribution in [3.63, 3.8) is 0 Å². The highest BCUT2D eigenvalue weighted by molar-refractivity contribution is 6.51. The van der Waals surface area contributed by atoms with Crippen LogP contribution in [0.3, 0.4) is 0 Å². The van der Waals surface area contributed by atoms with Gasteiger partial charge in [-0.05, 0) is 55.0 Å². The molecule has 1 aliphatic heterocycles. The lowest BCUT2D eigenvalue weighted by molar-refractivity contribution is -0.132. The summed E-state index contributed by atoms with van der Waals surface area (Å²) in [6, 6.07) is 14.1. The highest BCUT2D eigenvalue weighted by atomic mass is 35.5. The second-order valence-corrected chi connectivity index (χ2v) is 7.83. The molecule has 1 fully saturated rings. The summed E-state index contributed by atoms with van der Waals surface area (Å²) in [6.45, 7) is 1.84. The van der Waals surface area contributed by atoms with E-state index in [-0.39, 0.29) is 11.3 Å². The molecule has 168 valence electrons. The van der Waals surface area contributed by atoms with Crippen LogP contribution < -0.4 is 14.4 Å². The van der Waals surface area contributed by atoms with Gasteiger partial charge in [-0.15, -0.1) is 0 Å². The molecule has 1 aromatic heterocycles. The molecule has 0 bridgehead atoms. The normalized spacial score (nSPS) is 17.3. The number of anilines is 1. The van der Waals surface area contributed by atoms with Crippen LogP contribution in [0.1, 0.15) is 22.9 Å². The van der Waals surface area contributed by atoms with Crippen LogP contribution in [0.25, 0.3) is 5.76 Å². The summed E-state index contributed by atoms with van der Waals surface area (Å²) < 4.78 is 10.6. The maximum Gasteiger partial charge on any atom is 0.300 e. The number of aryl methyl sites for hydroxylation is 1. The number of hydrogen-bond donors (Lipinski definition) is 1. The summed E-state index contributed by atoms with van der Waals surface area (Å²) in [5, 5.41) is 11.7. The van der Waals surface area contributed by atoms with Gasteiger partial charge in [0.05, 0.1) is 25.5 Å². The first-order valence-corrected chi connectivity index (χ1v) is 10.5. The molecule has 1 unspecified atom stereocenters. The number of nitrogens with zero attached hydrogens (tertiary/aromatic N) is 2. The van der Waals surface area contributed by atoms with E-state index in [1.807, 2.05) is 6.92 Å². The van der Waals surface area contributed by atoms with E-state index in [1.54, 1.807) is 60.8 Å². The molecule has 1 saturated heterocycles. The molecule has 0 spiro atoms. The Balaban J connectivity index is 1.94. The van der Waals surface area contributed by atoms with Gasteiger partial charge in [0, 0.05) is 22.5 Å². The third-order valence-electron chi connectivity index (χ3n) is 5.50. The molecule has 2 heterocycles. The van der Waals surface area contributed by atoms with Crippen LogP contribution in [0.2, 0.25) is 5.02 Å². The first-order valence-electron chi connectivity index (χ1n) is 10.1. The monoisotopic (exact) mass is 464 g/mol. The lowest BCUT2D eigenvalue weighted by Gasteiger charge is -2.25. The zero-order valence-electron chi connectivity index (χ0n) is 18.2. The molecule has 4 rings (SSSR count). The Bertz CT molecular complexity index is 1270. The number of aliphatic hydroxyl groups is 1. The number of hydrogen-bond acceptors (Lipinski definition) is 6. The lowest BCUT2D eigenvalue weighted by Crippen LogP contribution is -2.29. The van der Waals surface area contributed by atoms with Gasteiger partial charge in [-0.1, -0.05) is 23.7 Å². The van der Waals surface area contributed by atoms with Gasteiger partial charge in [0.2, 0.25) is 0 Å². The fourth-order valence-electron chi connectivity index (χ4n) is 3.79. The maximum atomic E-state index is 13.2. The molecular weight excluding hydrogens is 444 g/mol. The molecule has 0 aliphatic carbocycles. The third-order valence-corrected chi connectivity index (χ3v) is 5.91. The van der Waals surface area contributed by atoms with E-state index in [0.717, 1.165) is 5.56 Å². The highest BCUT2D eigenvalue weighted by Gasteiger charge is 2.47. The number of amides is 1. The number of benzene rings is 2. The number of ketones is 1. The summed E-state index contributed by atoms with van der Waals surface area (Å²) in [5.74, 6) is -1.12.